The standard InChI is InChI=1S/C18H14Cl2N4O3/c1-11(18(26)22-12-5-4-9-21-16(12)19)27-15(25)8-7-13-17(20)23-14-6-2-3-10-24(13)14/h2-11H,1H3,(H,22,26)/b8-7+/t11-/m0/s1. The largest absolute Gasteiger partial charge is 0.449 e. The number of nitrogens with one attached hydrogen (secondary N) is 1. The maximum absolute atomic E-state index is 12.1. The maximum Gasteiger partial charge on any atom is 0.331 e. The predicted molar refractivity (Wildman–Crippen MR) is 103 cm³/mol. The summed E-state index contributed by atoms with van der Waals surface area (Å²) in [4.78, 5) is 32.2. The number of rotatable bonds is 5. The van der Waals surface area contributed by atoms with Crippen molar-refractivity contribution in [2.24, 2.45) is 0 Å². The number of anilines is 1. The molecule has 0 spiro atoms. The Morgan fingerprint density at radius 3 is 2.81 bits per heavy atom. The van der Waals surface area contributed by atoms with Crippen LogP contribution in [-0.4, -0.2) is 32.3 Å². The summed E-state index contributed by atoms with van der Waals surface area (Å²) in [6, 6.07) is 8.65. The topological polar surface area (TPSA) is 85.6 Å². The van der Waals surface area contributed by atoms with E-state index >= 15 is 0 Å². The summed E-state index contributed by atoms with van der Waals surface area (Å²) in [6.45, 7) is 1.45. The Bertz CT molecular complexity index is 1030. The second kappa shape index (κ2) is 8.20. The molecule has 0 aliphatic carbocycles. The minimum Gasteiger partial charge on any atom is -0.449 e. The Morgan fingerprint density at radius 2 is 2.04 bits per heavy atom. The quantitative estimate of drug-likeness (QED) is 0.398. The van der Waals surface area contributed by atoms with Gasteiger partial charge in [0.05, 0.1) is 11.4 Å². The first-order valence-corrected chi connectivity index (χ1v) is 8.64. The number of fused-ring (bicyclic) bond motifs is 1. The molecule has 3 heterocycles. The molecule has 3 aromatic rings. The maximum atomic E-state index is 12.1. The van der Waals surface area contributed by atoms with E-state index in [2.05, 4.69) is 15.3 Å². The van der Waals surface area contributed by atoms with Crippen molar-refractivity contribution in [3.8, 4) is 0 Å². The summed E-state index contributed by atoms with van der Waals surface area (Å²) in [5, 5.41) is 2.95. The molecule has 0 saturated carbocycles. The van der Waals surface area contributed by atoms with Crippen molar-refractivity contribution in [1.82, 2.24) is 14.4 Å². The molecule has 0 unspecified atom stereocenters. The lowest BCUT2D eigenvalue weighted by molar-refractivity contribution is -0.148. The van der Waals surface area contributed by atoms with E-state index in [-0.39, 0.29) is 10.3 Å². The molecular formula is C18H14Cl2N4O3. The molecule has 27 heavy (non-hydrogen) atoms. The van der Waals surface area contributed by atoms with E-state index in [0.717, 1.165) is 0 Å². The number of carbonyl (C=O) groups is 2. The van der Waals surface area contributed by atoms with Gasteiger partial charge in [0.15, 0.2) is 16.4 Å². The lowest BCUT2D eigenvalue weighted by Gasteiger charge is -2.12. The van der Waals surface area contributed by atoms with Crippen LogP contribution in [0.5, 0.6) is 0 Å². The van der Waals surface area contributed by atoms with E-state index in [1.807, 2.05) is 12.1 Å². The number of imidazole rings is 1. The number of halogens is 2. The van der Waals surface area contributed by atoms with E-state index < -0.39 is 18.0 Å². The van der Waals surface area contributed by atoms with Gasteiger partial charge in [0, 0.05) is 18.5 Å². The number of carbonyl (C=O) groups excluding carboxylic acids is 2. The van der Waals surface area contributed by atoms with Gasteiger partial charge < -0.3 is 10.1 Å². The molecule has 3 rings (SSSR count). The van der Waals surface area contributed by atoms with Crippen molar-refractivity contribution >= 4 is 52.5 Å². The number of hydrogen-bond acceptors (Lipinski definition) is 5. The number of esters is 1. The Labute approximate surface area is 164 Å². The SMILES string of the molecule is C[C@H](OC(=O)/C=C/c1c(Cl)nc2ccccn12)C(=O)Nc1cccnc1Cl. The van der Waals surface area contributed by atoms with Crippen LogP contribution < -0.4 is 5.32 Å². The average Bonchev–Trinajstić information content (AvgIpc) is 2.97. The van der Waals surface area contributed by atoms with Gasteiger partial charge >= 0.3 is 5.97 Å². The van der Waals surface area contributed by atoms with Crippen LogP contribution in [0.15, 0.2) is 48.8 Å². The molecule has 0 aliphatic rings. The van der Waals surface area contributed by atoms with Crippen molar-refractivity contribution in [2.45, 2.75) is 13.0 Å². The lowest BCUT2D eigenvalue weighted by Crippen LogP contribution is -2.29. The summed E-state index contributed by atoms with van der Waals surface area (Å²) in [6.07, 6.45) is 4.90. The van der Waals surface area contributed by atoms with Gasteiger partial charge in [-0.05, 0) is 37.3 Å². The highest BCUT2D eigenvalue weighted by molar-refractivity contribution is 6.32. The van der Waals surface area contributed by atoms with E-state index in [1.54, 1.807) is 28.8 Å². The van der Waals surface area contributed by atoms with E-state index in [4.69, 9.17) is 27.9 Å². The van der Waals surface area contributed by atoms with Crippen LogP contribution in [0.25, 0.3) is 11.7 Å². The molecule has 0 aliphatic heterocycles. The van der Waals surface area contributed by atoms with Crippen molar-refractivity contribution in [3.63, 3.8) is 0 Å². The molecule has 1 amide bonds. The molecule has 0 saturated heterocycles. The van der Waals surface area contributed by atoms with Crippen molar-refractivity contribution < 1.29 is 14.3 Å². The van der Waals surface area contributed by atoms with Crippen LogP contribution in [0.2, 0.25) is 10.3 Å². The van der Waals surface area contributed by atoms with E-state index in [0.29, 0.717) is 17.0 Å². The summed E-state index contributed by atoms with van der Waals surface area (Å²) < 4.78 is 6.83. The molecule has 0 radical (unpaired) electrons. The highest BCUT2D eigenvalue weighted by Gasteiger charge is 2.18. The second-order valence-electron chi connectivity index (χ2n) is 5.46. The van der Waals surface area contributed by atoms with Crippen LogP contribution in [0.4, 0.5) is 5.69 Å². The second-order valence-corrected chi connectivity index (χ2v) is 6.18. The number of pyridine rings is 2. The monoisotopic (exact) mass is 404 g/mol. The molecule has 1 atom stereocenters. The molecule has 7 nitrogen and oxygen atoms in total. The first kappa shape index (κ1) is 18.9. The lowest BCUT2D eigenvalue weighted by atomic mass is 10.3. The van der Waals surface area contributed by atoms with Crippen LogP contribution in [0.1, 0.15) is 12.6 Å². The third kappa shape index (κ3) is 4.45. The minimum atomic E-state index is -1.03. The predicted octanol–water partition coefficient (Wildman–Crippen LogP) is 3.62. The summed E-state index contributed by atoms with van der Waals surface area (Å²) >= 11 is 12.0. The Hall–Kier alpha value is -2.90. The van der Waals surface area contributed by atoms with Gasteiger partial charge in [-0.3, -0.25) is 9.20 Å². The summed E-state index contributed by atoms with van der Waals surface area (Å²) in [7, 11) is 0. The van der Waals surface area contributed by atoms with Gasteiger partial charge in [-0.1, -0.05) is 29.3 Å². The van der Waals surface area contributed by atoms with Crippen LogP contribution in [0.3, 0.4) is 0 Å². The van der Waals surface area contributed by atoms with E-state index in [9.17, 15) is 9.59 Å². The smallest absolute Gasteiger partial charge is 0.331 e. The molecular weight excluding hydrogens is 391 g/mol. The first-order valence-electron chi connectivity index (χ1n) is 7.88. The third-order valence-electron chi connectivity index (χ3n) is 3.58. The van der Waals surface area contributed by atoms with Crippen molar-refractivity contribution in [3.05, 3.63) is 64.8 Å². The zero-order chi connectivity index (χ0) is 19.4. The van der Waals surface area contributed by atoms with Crippen molar-refractivity contribution in [2.75, 3.05) is 5.32 Å². The van der Waals surface area contributed by atoms with Gasteiger partial charge in [0.2, 0.25) is 0 Å². The van der Waals surface area contributed by atoms with Gasteiger partial charge in [0.25, 0.3) is 5.91 Å². The van der Waals surface area contributed by atoms with Crippen LogP contribution in [0, 0.1) is 0 Å². The third-order valence-corrected chi connectivity index (χ3v) is 4.16. The normalized spacial score (nSPS) is 12.3. The van der Waals surface area contributed by atoms with Crippen molar-refractivity contribution in [1.29, 1.82) is 0 Å². The fraction of sp³-hybridized carbons (Fsp3) is 0.111. The summed E-state index contributed by atoms with van der Waals surface area (Å²) in [5.74, 6) is -1.23. The number of hydrogen-bond donors (Lipinski definition) is 1. The van der Waals surface area contributed by atoms with E-state index in [1.165, 1.54) is 25.3 Å². The Morgan fingerprint density at radius 1 is 1.22 bits per heavy atom. The van der Waals surface area contributed by atoms with Gasteiger partial charge in [-0.2, -0.15) is 0 Å². The zero-order valence-corrected chi connectivity index (χ0v) is 15.6. The number of amides is 1. The highest BCUT2D eigenvalue weighted by atomic mass is 35.5. The Kier molecular flexibility index (Phi) is 5.73. The first-order chi connectivity index (χ1) is 13.0. The number of ether oxygens (including phenoxy) is 1. The highest BCUT2D eigenvalue weighted by Crippen LogP contribution is 2.19. The van der Waals surface area contributed by atoms with Gasteiger partial charge in [-0.15, -0.1) is 0 Å². The number of aromatic nitrogens is 3. The zero-order valence-electron chi connectivity index (χ0n) is 14.1. The van der Waals surface area contributed by atoms with Crippen LogP contribution >= 0.6 is 23.2 Å². The van der Waals surface area contributed by atoms with Crippen LogP contribution in [-0.2, 0) is 14.3 Å². The molecule has 0 bridgehead atoms. The van der Waals surface area contributed by atoms with Gasteiger partial charge in [0.1, 0.15) is 5.65 Å². The summed E-state index contributed by atoms with van der Waals surface area (Å²) in [5.41, 5.74) is 1.51. The average molecular weight is 405 g/mol. The fourth-order valence-electron chi connectivity index (χ4n) is 2.26. The fourth-order valence-corrected chi connectivity index (χ4v) is 2.67. The van der Waals surface area contributed by atoms with Gasteiger partial charge in [-0.25, -0.2) is 14.8 Å². The minimum absolute atomic E-state index is 0.145. The molecule has 138 valence electrons. The molecule has 1 N–H and O–H groups in total. The number of nitrogens with zero attached hydrogens (tertiary/aromatic N) is 3. The Balaban J connectivity index is 1.64. The molecule has 0 aromatic carbocycles. The molecule has 0 fully saturated rings. The molecule has 9 heteroatoms. The molecule has 3 aromatic heterocycles.